The standard InChI is InChI=1S/C13H18FN3O2.C12H16N2O.C7H8.C4H10O/c1-9(6-11(15)7-16-8-18)13(19)17-12-4-2-10(14)3-5-12;1-9-7-10(2)13-11(8-9)12(15)14-5-3-4-6-14;1-7-5-3-2-4-6-7;1-4(2)5-3/h2-5,8-9,11H,6-7,15H2,1H3,(H,16,18)(H,17,19);7-8H,3-6H2,1-2H3;2-6H,1H3;4H,1-3H3. The maximum atomic E-state index is 12.7. The zero-order valence-electron chi connectivity index (χ0n) is 28.4. The second kappa shape index (κ2) is 22.4. The number of nitrogens with one attached hydrogen (secondary N) is 2. The Morgan fingerprint density at radius 2 is 1.57 bits per heavy atom. The molecule has 4 N–H and O–H groups in total. The quantitative estimate of drug-likeness (QED) is 0.253. The summed E-state index contributed by atoms with van der Waals surface area (Å²) < 4.78 is 17.5. The maximum Gasteiger partial charge on any atom is 0.272 e. The second-order valence-corrected chi connectivity index (χ2v) is 11.5. The number of likely N-dealkylation sites (tertiary alicyclic amines) is 1. The van der Waals surface area contributed by atoms with E-state index in [0.29, 0.717) is 36.9 Å². The molecular formula is C36H52FN5O4. The molecule has 1 saturated heterocycles. The Hall–Kier alpha value is -4.15. The van der Waals surface area contributed by atoms with E-state index < -0.39 is 0 Å². The van der Waals surface area contributed by atoms with Crippen LogP contribution in [0.2, 0.25) is 0 Å². The zero-order valence-corrected chi connectivity index (χ0v) is 28.4. The molecule has 1 aliphatic rings. The molecule has 4 rings (SSSR count). The first-order valence-electron chi connectivity index (χ1n) is 15.6. The highest BCUT2D eigenvalue weighted by atomic mass is 19.1. The Balaban J connectivity index is 0.000000344. The van der Waals surface area contributed by atoms with Crippen molar-refractivity contribution < 1.29 is 23.5 Å². The number of hydrogen-bond donors (Lipinski definition) is 3. The number of nitrogens with zero attached hydrogens (tertiary/aromatic N) is 2. The molecule has 2 atom stereocenters. The summed E-state index contributed by atoms with van der Waals surface area (Å²) in [5.74, 6) is -0.756. The number of amides is 3. The monoisotopic (exact) mass is 637 g/mol. The van der Waals surface area contributed by atoms with Gasteiger partial charge in [-0.2, -0.15) is 0 Å². The molecule has 9 nitrogen and oxygen atoms in total. The van der Waals surface area contributed by atoms with E-state index in [1.54, 1.807) is 14.0 Å². The normalized spacial score (nSPS) is 13.0. The van der Waals surface area contributed by atoms with Gasteiger partial charge in [-0.3, -0.25) is 14.4 Å². The van der Waals surface area contributed by atoms with Crippen LogP contribution in [0.25, 0.3) is 0 Å². The predicted octanol–water partition coefficient (Wildman–Crippen LogP) is 5.83. The maximum absolute atomic E-state index is 12.7. The molecule has 1 aliphatic heterocycles. The van der Waals surface area contributed by atoms with E-state index >= 15 is 0 Å². The number of pyridine rings is 1. The van der Waals surface area contributed by atoms with E-state index in [1.807, 2.05) is 62.9 Å². The fraction of sp³-hybridized carbons (Fsp3) is 0.444. The van der Waals surface area contributed by atoms with E-state index in [-0.39, 0.29) is 29.6 Å². The van der Waals surface area contributed by atoms with Gasteiger partial charge in [0.25, 0.3) is 5.91 Å². The average molecular weight is 638 g/mol. The molecule has 1 aromatic heterocycles. The van der Waals surface area contributed by atoms with Crippen LogP contribution < -0.4 is 16.4 Å². The number of carbonyl (C=O) groups is 3. The van der Waals surface area contributed by atoms with Gasteiger partial charge in [0, 0.05) is 50.1 Å². The number of rotatable bonds is 9. The first kappa shape index (κ1) is 39.9. The summed E-state index contributed by atoms with van der Waals surface area (Å²) in [6.45, 7) is 13.8. The highest BCUT2D eigenvalue weighted by molar-refractivity contribution is 5.93. The number of carbonyl (C=O) groups excluding carboxylic acids is 3. The molecule has 0 aliphatic carbocycles. The summed E-state index contributed by atoms with van der Waals surface area (Å²) in [6.07, 6.45) is 3.65. The summed E-state index contributed by atoms with van der Waals surface area (Å²) in [4.78, 5) is 40.2. The van der Waals surface area contributed by atoms with Crippen molar-refractivity contribution in [1.82, 2.24) is 15.2 Å². The van der Waals surface area contributed by atoms with Gasteiger partial charge in [-0.15, -0.1) is 0 Å². The van der Waals surface area contributed by atoms with Gasteiger partial charge in [-0.1, -0.05) is 42.8 Å². The van der Waals surface area contributed by atoms with Gasteiger partial charge >= 0.3 is 0 Å². The number of halogens is 1. The first-order chi connectivity index (χ1) is 21.9. The van der Waals surface area contributed by atoms with Gasteiger partial charge in [0.1, 0.15) is 11.5 Å². The molecule has 0 radical (unpaired) electrons. The molecule has 0 spiro atoms. The predicted molar refractivity (Wildman–Crippen MR) is 183 cm³/mol. The molecule has 2 heterocycles. The summed E-state index contributed by atoms with van der Waals surface area (Å²) in [7, 11) is 1.70. The number of anilines is 1. The highest BCUT2D eigenvalue weighted by Crippen LogP contribution is 2.14. The molecule has 1 fully saturated rings. The lowest BCUT2D eigenvalue weighted by Crippen LogP contribution is -2.36. The van der Waals surface area contributed by atoms with Crippen LogP contribution in [-0.2, 0) is 14.3 Å². The molecule has 10 heteroatoms. The van der Waals surface area contributed by atoms with Crippen LogP contribution >= 0.6 is 0 Å². The molecular weight excluding hydrogens is 585 g/mol. The summed E-state index contributed by atoms with van der Waals surface area (Å²) >= 11 is 0. The Morgan fingerprint density at radius 3 is 2.04 bits per heavy atom. The fourth-order valence-corrected chi connectivity index (χ4v) is 4.21. The van der Waals surface area contributed by atoms with Gasteiger partial charge < -0.3 is 26.0 Å². The Labute approximate surface area is 274 Å². The average Bonchev–Trinajstić information content (AvgIpc) is 3.57. The van der Waals surface area contributed by atoms with Crippen molar-refractivity contribution in [2.45, 2.75) is 73.0 Å². The van der Waals surface area contributed by atoms with Crippen molar-refractivity contribution in [3.63, 3.8) is 0 Å². The molecule has 3 aromatic rings. The summed E-state index contributed by atoms with van der Waals surface area (Å²) in [6, 6.07) is 19.4. The topological polar surface area (TPSA) is 127 Å². The van der Waals surface area contributed by atoms with Crippen LogP contribution in [0.1, 0.15) is 67.3 Å². The second-order valence-electron chi connectivity index (χ2n) is 11.5. The SMILES string of the molecule is CC(CC(N)CNC=O)C(=O)Nc1ccc(F)cc1.COC(C)C.Cc1cc(C)nc(C(=O)N2CCCC2)c1.Cc1ccccc1. The van der Waals surface area contributed by atoms with Crippen molar-refractivity contribution in [3.05, 3.63) is 95.1 Å². The number of ether oxygens (including phenoxy) is 1. The van der Waals surface area contributed by atoms with Crippen molar-refractivity contribution in [2.75, 3.05) is 32.1 Å². The minimum atomic E-state index is -0.354. The van der Waals surface area contributed by atoms with Gasteiger partial charge in [-0.25, -0.2) is 9.37 Å². The van der Waals surface area contributed by atoms with E-state index in [1.165, 1.54) is 29.8 Å². The minimum Gasteiger partial charge on any atom is -0.382 e. The van der Waals surface area contributed by atoms with Crippen LogP contribution in [-0.4, -0.2) is 67.0 Å². The molecule has 0 bridgehead atoms. The lowest BCUT2D eigenvalue weighted by Gasteiger charge is -2.16. The number of aryl methyl sites for hydroxylation is 3. The molecule has 3 amide bonds. The summed E-state index contributed by atoms with van der Waals surface area (Å²) in [5.41, 5.74) is 10.2. The number of hydrogen-bond acceptors (Lipinski definition) is 6. The third-order valence-corrected chi connectivity index (χ3v) is 6.80. The van der Waals surface area contributed by atoms with Crippen LogP contribution in [0.15, 0.2) is 66.7 Å². The Bertz CT molecular complexity index is 1280. The van der Waals surface area contributed by atoms with Crippen LogP contribution in [0, 0.1) is 32.5 Å². The number of methoxy groups -OCH3 is 1. The molecule has 252 valence electrons. The largest absolute Gasteiger partial charge is 0.382 e. The molecule has 2 unspecified atom stereocenters. The highest BCUT2D eigenvalue weighted by Gasteiger charge is 2.20. The third kappa shape index (κ3) is 17.4. The van der Waals surface area contributed by atoms with Gasteiger partial charge in [-0.05, 0) is 95.8 Å². The first-order valence-corrected chi connectivity index (χ1v) is 15.6. The van der Waals surface area contributed by atoms with Crippen molar-refractivity contribution in [2.24, 2.45) is 11.7 Å². The van der Waals surface area contributed by atoms with Crippen molar-refractivity contribution >= 4 is 23.9 Å². The van der Waals surface area contributed by atoms with Crippen LogP contribution in [0.5, 0.6) is 0 Å². The Morgan fingerprint density at radius 1 is 0.978 bits per heavy atom. The molecule has 2 aromatic carbocycles. The lowest BCUT2D eigenvalue weighted by atomic mass is 10.0. The number of aromatic nitrogens is 1. The van der Waals surface area contributed by atoms with Crippen LogP contribution in [0.4, 0.5) is 10.1 Å². The minimum absolute atomic E-state index is 0.0827. The molecule has 46 heavy (non-hydrogen) atoms. The van der Waals surface area contributed by atoms with E-state index in [2.05, 4.69) is 34.7 Å². The van der Waals surface area contributed by atoms with E-state index in [4.69, 9.17) is 10.5 Å². The summed E-state index contributed by atoms with van der Waals surface area (Å²) in [5, 5.41) is 5.15. The van der Waals surface area contributed by atoms with Gasteiger partial charge in [0.2, 0.25) is 12.3 Å². The van der Waals surface area contributed by atoms with Crippen molar-refractivity contribution in [3.8, 4) is 0 Å². The lowest BCUT2D eigenvalue weighted by molar-refractivity contribution is -0.119. The number of benzene rings is 2. The number of nitrogens with two attached hydrogens (primary N) is 1. The van der Waals surface area contributed by atoms with E-state index in [9.17, 15) is 18.8 Å². The van der Waals surface area contributed by atoms with E-state index in [0.717, 1.165) is 37.2 Å². The molecule has 0 saturated carbocycles. The van der Waals surface area contributed by atoms with Crippen LogP contribution in [0.3, 0.4) is 0 Å². The Kier molecular flexibility index (Phi) is 19.4. The third-order valence-electron chi connectivity index (χ3n) is 6.80. The smallest absolute Gasteiger partial charge is 0.272 e. The van der Waals surface area contributed by atoms with Crippen molar-refractivity contribution in [1.29, 1.82) is 0 Å². The van der Waals surface area contributed by atoms with Gasteiger partial charge in [0.15, 0.2) is 0 Å². The zero-order chi connectivity index (χ0) is 34.5. The fourth-order valence-electron chi connectivity index (χ4n) is 4.21. The van der Waals surface area contributed by atoms with Gasteiger partial charge in [0.05, 0.1) is 6.10 Å².